The standard InChI is InChI=1S/C48H54N6O4/c1-5-29-27-53-21-17-31(29)23-43(53)45(35-15-19-49-41-13-11-33(55-3)25-39(35)41)57-47-37-9-7-8-10-38(37)48(52-51-47)58-46(44-24-32-18-22-54(44)28-30(32)6-2)36-16-20-50-42-14-12-34(56-4)26-40(36)42/h7-16,19-20,25-26,29-32,43-46H,5-6,17-18,21-24,27-28H2,1-4H3/t29-,30-,31-,32+,43+,44-,45-,46-/m1/s1. The van der Waals surface area contributed by atoms with Gasteiger partial charge in [-0.15, -0.1) is 10.2 Å². The lowest BCUT2D eigenvalue weighted by Crippen LogP contribution is -2.56. The average Bonchev–Trinajstić information content (AvgIpc) is 3.29. The molecule has 4 bridgehead atoms. The summed E-state index contributed by atoms with van der Waals surface area (Å²) in [5, 5.41) is 13.7. The number of pyridine rings is 2. The summed E-state index contributed by atoms with van der Waals surface area (Å²) < 4.78 is 26.0. The molecule has 0 amide bonds. The Labute approximate surface area is 340 Å². The quantitative estimate of drug-likeness (QED) is 0.120. The summed E-state index contributed by atoms with van der Waals surface area (Å²) in [4.78, 5) is 14.8. The average molecular weight is 779 g/mol. The van der Waals surface area contributed by atoms with Crippen LogP contribution >= 0.6 is 0 Å². The summed E-state index contributed by atoms with van der Waals surface area (Å²) in [5.41, 5.74) is 4.01. The Morgan fingerprint density at radius 3 is 1.47 bits per heavy atom. The third kappa shape index (κ3) is 6.58. The van der Waals surface area contributed by atoms with Gasteiger partial charge < -0.3 is 18.9 Å². The van der Waals surface area contributed by atoms with Crippen LogP contribution in [-0.2, 0) is 0 Å². The van der Waals surface area contributed by atoms with Crippen LogP contribution in [0.25, 0.3) is 32.6 Å². The van der Waals surface area contributed by atoms with E-state index in [2.05, 4.69) is 72.2 Å². The van der Waals surface area contributed by atoms with E-state index in [-0.39, 0.29) is 24.3 Å². The van der Waals surface area contributed by atoms with E-state index in [4.69, 9.17) is 39.1 Å². The maximum absolute atomic E-state index is 7.30. The Kier molecular flexibility index (Phi) is 10.0. The highest BCUT2D eigenvalue weighted by Gasteiger charge is 2.46. The summed E-state index contributed by atoms with van der Waals surface area (Å²) >= 11 is 0. The van der Waals surface area contributed by atoms with Crippen LogP contribution in [0.1, 0.15) is 75.7 Å². The number of fused-ring (bicyclic) bond motifs is 9. The minimum absolute atomic E-state index is 0.180. The van der Waals surface area contributed by atoms with Crippen molar-refractivity contribution in [2.24, 2.45) is 23.7 Å². The van der Waals surface area contributed by atoms with Crippen molar-refractivity contribution in [3.8, 4) is 23.3 Å². The third-order valence-electron chi connectivity index (χ3n) is 14.3. The van der Waals surface area contributed by atoms with E-state index >= 15 is 0 Å². The molecule has 6 aliphatic heterocycles. The third-order valence-corrected chi connectivity index (χ3v) is 14.3. The maximum atomic E-state index is 7.30. The lowest BCUT2D eigenvalue weighted by molar-refractivity contribution is -0.0505. The molecule has 10 nitrogen and oxygen atoms in total. The zero-order chi connectivity index (χ0) is 39.3. The first-order valence-corrected chi connectivity index (χ1v) is 21.5. The summed E-state index contributed by atoms with van der Waals surface area (Å²) in [6, 6.07) is 25.1. The van der Waals surface area contributed by atoms with Crippen LogP contribution in [0, 0.1) is 23.7 Å². The molecule has 300 valence electrons. The van der Waals surface area contributed by atoms with E-state index in [1.165, 1.54) is 25.7 Å². The number of nitrogens with zero attached hydrogens (tertiary/aromatic N) is 6. The molecular weight excluding hydrogens is 725 g/mol. The Hall–Kier alpha value is -5.06. The van der Waals surface area contributed by atoms with Crippen molar-refractivity contribution in [2.45, 2.75) is 76.7 Å². The van der Waals surface area contributed by atoms with Crippen molar-refractivity contribution in [1.82, 2.24) is 30.0 Å². The molecule has 9 heterocycles. The molecule has 6 fully saturated rings. The molecule has 0 aliphatic carbocycles. The largest absolute Gasteiger partial charge is 0.497 e. The number of piperidine rings is 6. The van der Waals surface area contributed by atoms with Gasteiger partial charge in [-0.25, -0.2) is 0 Å². The molecule has 0 radical (unpaired) electrons. The molecule has 10 atom stereocenters. The number of ether oxygens (including phenoxy) is 4. The van der Waals surface area contributed by atoms with Crippen LogP contribution in [0.4, 0.5) is 0 Å². The van der Waals surface area contributed by atoms with Crippen molar-refractivity contribution >= 4 is 32.6 Å². The zero-order valence-corrected chi connectivity index (χ0v) is 34.1. The van der Waals surface area contributed by atoms with E-state index in [0.29, 0.717) is 35.4 Å². The maximum Gasteiger partial charge on any atom is 0.242 e. The van der Waals surface area contributed by atoms with Crippen LogP contribution in [0.2, 0.25) is 0 Å². The van der Waals surface area contributed by atoms with Crippen LogP contribution < -0.4 is 18.9 Å². The summed E-state index contributed by atoms with van der Waals surface area (Å²) in [7, 11) is 3.42. The Balaban J connectivity index is 1.06. The fourth-order valence-electron chi connectivity index (χ4n) is 11.1. The smallest absolute Gasteiger partial charge is 0.242 e. The van der Waals surface area contributed by atoms with Gasteiger partial charge in [-0.3, -0.25) is 19.8 Å². The molecule has 10 heteroatoms. The highest BCUT2D eigenvalue weighted by molar-refractivity contribution is 5.91. The molecule has 6 aromatic rings. The van der Waals surface area contributed by atoms with E-state index in [0.717, 1.165) is 94.2 Å². The Bertz CT molecular complexity index is 2280. The second kappa shape index (κ2) is 15.6. The first-order chi connectivity index (χ1) is 28.5. The second-order valence-corrected chi connectivity index (χ2v) is 17.0. The Morgan fingerprint density at radius 2 is 1.07 bits per heavy atom. The lowest BCUT2D eigenvalue weighted by atomic mass is 9.72. The lowest BCUT2D eigenvalue weighted by Gasteiger charge is -2.52. The van der Waals surface area contributed by atoms with Gasteiger partial charge in [0.1, 0.15) is 23.7 Å². The van der Waals surface area contributed by atoms with Gasteiger partial charge in [0.2, 0.25) is 11.8 Å². The highest BCUT2D eigenvalue weighted by Crippen LogP contribution is 2.47. The SMILES string of the molecule is CC[C@@H]1CN2CC[C@H]1C[C@@H]2[C@H](Oc1nnc(O[C@H](c2ccnc3ccc(OC)cc23)[C@@H]2C[C@H]3CCN2C[C@H]3CC)c2ccccc12)c1ccnc2ccc(OC)cc12. The van der Waals surface area contributed by atoms with Crippen molar-refractivity contribution in [3.63, 3.8) is 0 Å². The number of hydrogen-bond acceptors (Lipinski definition) is 10. The normalized spacial score (nSPS) is 27.4. The fraction of sp³-hybridized carbons (Fsp3) is 0.458. The summed E-state index contributed by atoms with van der Waals surface area (Å²) in [6.07, 6.45) is 10.2. The number of benzene rings is 3. The minimum atomic E-state index is -0.300. The topological polar surface area (TPSA) is 95.0 Å². The molecule has 6 saturated heterocycles. The summed E-state index contributed by atoms with van der Waals surface area (Å²) in [6.45, 7) is 9.00. The van der Waals surface area contributed by atoms with Gasteiger partial charge in [0.25, 0.3) is 0 Å². The molecule has 3 aromatic carbocycles. The van der Waals surface area contributed by atoms with Gasteiger partial charge >= 0.3 is 0 Å². The van der Waals surface area contributed by atoms with Gasteiger partial charge in [0.15, 0.2) is 0 Å². The molecule has 6 aliphatic rings. The van der Waals surface area contributed by atoms with Crippen LogP contribution in [-0.4, -0.2) is 82.4 Å². The molecule has 0 spiro atoms. The van der Waals surface area contributed by atoms with Crippen molar-refractivity contribution < 1.29 is 18.9 Å². The summed E-state index contributed by atoms with van der Waals surface area (Å²) in [5.74, 6) is 5.39. The molecule has 0 saturated carbocycles. The van der Waals surface area contributed by atoms with E-state index in [9.17, 15) is 0 Å². The number of methoxy groups -OCH3 is 2. The van der Waals surface area contributed by atoms with E-state index in [1.807, 2.05) is 36.7 Å². The number of rotatable bonds is 12. The first kappa shape index (κ1) is 37.2. The zero-order valence-electron chi connectivity index (χ0n) is 34.1. The van der Waals surface area contributed by atoms with Crippen LogP contribution in [0.3, 0.4) is 0 Å². The predicted octanol–water partition coefficient (Wildman–Crippen LogP) is 9.22. The fourth-order valence-corrected chi connectivity index (χ4v) is 11.1. The van der Waals surface area contributed by atoms with Crippen LogP contribution in [0.5, 0.6) is 23.3 Å². The van der Waals surface area contributed by atoms with Gasteiger partial charge in [-0.05, 0) is 123 Å². The predicted molar refractivity (Wildman–Crippen MR) is 227 cm³/mol. The second-order valence-electron chi connectivity index (χ2n) is 17.0. The monoisotopic (exact) mass is 778 g/mol. The van der Waals surface area contributed by atoms with Crippen molar-refractivity contribution in [3.05, 3.63) is 96.3 Å². The molecule has 0 N–H and O–H groups in total. The van der Waals surface area contributed by atoms with Crippen molar-refractivity contribution in [1.29, 1.82) is 0 Å². The Morgan fingerprint density at radius 1 is 0.603 bits per heavy atom. The van der Waals surface area contributed by atoms with Gasteiger partial charge in [-0.1, -0.05) is 38.8 Å². The molecule has 12 rings (SSSR count). The van der Waals surface area contributed by atoms with Crippen molar-refractivity contribution in [2.75, 3.05) is 40.4 Å². The highest BCUT2D eigenvalue weighted by atomic mass is 16.5. The van der Waals surface area contributed by atoms with Gasteiger partial charge in [-0.2, -0.15) is 0 Å². The van der Waals surface area contributed by atoms with Crippen LogP contribution in [0.15, 0.2) is 85.2 Å². The molecule has 58 heavy (non-hydrogen) atoms. The van der Waals surface area contributed by atoms with E-state index < -0.39 is 0 Å². The number of hydrogen-bond donors (Lipinski definition) is 0. The first-order valence-electron chi connectivity index (χ1n) is 21.5. The number of aromatic nitrogens is 4. The molecular formula is C48H54N6O4. The van der Waals surface area contributed by atoms with Gasteiger partial charge in [0.05, 0.1) is 48.1 Å². The molecule has 2 unspecified atom stereocenters. The van der Waals surface area contributed by atoms with Gasteiger partial charge in [0, 0.05) is 47.4 Å². The molecule has 3 aromatic heterocycles. The van der Waals surface area contributed by atoms with E-state index in [1.54, 1.807) is 14.2 Å². The minimum Gasteiger partial charge on any atom is -0.497 e.